The molecule has 0 aliphatic rings. The molecule has 0 fully saturated rings. The van der Waals surface area contributed by atoms with E-state index in [1.807, 2.05) is 11.4 Å². The van der Waals surface area contributed by atoms with E-state index < -0.39 is 9.84 Å². The summed E-state index contributed by atoms with van der Waals surface area (Å²) in [4.78, 5) is 8.51. The minimum atomic E-state index is -3.35. The lowest BCUT2D eigenvalue weighted by molar-refractivity contribution is 0.602. The van der Waals surface area contributed by atoms with Gasteiger partial charge in [-0.15, -0.1) is 11.3 Å². The van der Waals surface area contributed by atoms with Crippen LogP contribution in [0.15, 0.2) is 46.8 Å². The number of hydrogen-bond donors (Lipinski definition) is 1. The summed E-state index contributed by atoms with van der Waals surface area (Å²) in [6.07, 6.45) is 2.74. The largest absolute Gasteiger partial charge is 0.331 e. The van der Waals surface area contributed by atoms with Crippen LogP contribution in [0.4, 0.5) is 10.8 Å². The third kappa shape index (κ3) is 3.87. The van der Waals surface area contributed by atoms with Crippen molar-refractivity contribution < 1.29 is 8.42 Å². The molecular formula is C15H11Cl2N3O2S2. The Labute approximate surface area is 153 Å². The first-order valence-corrected chi connectivity index (χ1v) is 10.2. The van der Waals surface area contributed by atoms with Crippen molar-refractivity contribution in [3.63, 3.8) is 0 Å². The minimum absolute atomic E-state index is 0.0981. The van der Waals surface area contributed by atoms with Crippen LogP contribution in [0.2, 0.25) is 10.2 Å². The molecule has 0 atom stereocenters. The molecule has 0 amide bonds. The predicted molar refractivity (Wildman–Crippen MR) is 98.2 cm³/mol. The van der Waals surface area contributed by atoms with Gasteiger partial charge in [-0.25, -0.2) is 18.4 Å². The molecule has 5 nitrogen and oxygen atoms in total. The molecule has 0 radical (unpaired) electrons. The van der Waals surface area contributed by atoms with Crippen molar-refractivity contribution in [3.8, 4) is 11.3 Å². The van der Waals surface area contributed by atoms with Crippen molar-refractivity contribution >= 4 is 55.2 Å². The van der Waals surface area contributed by atoms with E-state index in [0.29, 0.717) is 16.0 Å². The Morgan fingerprint density at radius 1 is 1.17 bits per heavy atom. The normalized spacial score (nSPS) is 11.5. The molecule has 0 aliphatic heterocycles. The lowest BCUT2D eigenvalue weighted by Crippen LogP contribution is -1.99. The number of pyridine rings is 1. The number of sulfone groups is 1. The van der Waals surface area contributed by atoms with Crippen molar-refractivity contribution in [2.45, 2.75) is 4.90 Å². The summed E-state index contributed by atoms with van der Waals surface area (Å²) in [5, 5.41) is 6.22. The standard InChI is InChI=1S/C15H11Cl2N3O2S2/c1-24(21,22)13-3-2-10(7-11(13)16)19-15-20-12(8-23-15)9-4-5-18-14(17)6-9/h2-8H,1H3,(H,19,20). The summed E-state index contributed by atoms with van der Waals surface area (Å²) in [7, 11) is -3.35. The highest BCUT2D eigenvalue weighted by molar-refractivity contribution is 7.90. The summed E-state index contributed by atoms with van der Waals surface area (Å²) in [5.74, 6) is 0. The first kappa shape index (κ1) is 17.2. The molecular weight excluding hydrogens is 389 g/mol. The van der Waals surface area contributed by atoms with Gasteiger partial charge in [0.2, 0.25) is 0 Å². The second-order valence-corrected chi connectivity index (χ2v) is 8.58. The zero-order valence-corrected chi connectivity index (χ0v) is 15.5. The third-order valence-corrected chi connectivity index (χ3v) is 5.65. The first-order chi connectivity index (χ1) is 11.3. The van der Waals surface area contributed by atoms with Crippen LogP contribution >= 0.6 is 34.5 Å². The molecule has 1 aromatic carbocycles. The number of halogens is 2. The maximum Gasteiger partial charge on any atom is 0.187 e. The van der Waals surface area contributed by atoms with E-state index in [1.54, 1.807) is 24.4 Å². The van der Waals surface area contributed by atoms with E-state index in [4.69, 9.17) is 23.2 Å². The smallest absolute Gasteiger partial charge is 0.187 e. The van der Waals surface area contributed by atoms with Crippen molar-refractivity contribution in [1.29, 1.82) is 0 Å². The molecule has 2 aromatic heterocycles. The number of rotatable bonds is 4. The number of benzene rings is 1. The topological polar surface area (TPSA) is 72.0 Å². The molecule has 0 bridgehead atoms. The molecule has 0 aliphatic carbocycles. The molecule has 9 heteroatoms. The zero-order chi connectivity index (χ0) is 17.3. The van der Waals surface area contributed by atoms with Crippen LogP contribution in [-0.4, -0.2) is 24.6 Å². The fraction of sp³-hybridized carbons (Fsp3) is 0.0667. The highest BCUT2D eigenvalue weighted by atomic mass is 35.5. The summed E-state index contributed by atoms with van der Waals surface area (Å²) in [6, 6.07) is 8.23. The summed E-state index contributed by atoms with van der Waals surface area (Å²) in [6.45, 7) is 0. The highest BCUT2D eigenvalue weighted by Gasteiger charge is 2.13. The Hall–Kier alpha value is -1.67. The Morgan fingerprint density at radius 3 is 2.62 bits per heavy atom. The van der Waals surface area contributed by atoms with Gasteiger partial charge in [-0.2, -0.15) is 0 Å². The number of anilines is 2. The average Bonchev–Trinajstić information content (AvgIpc) is 2.94. The number of nitrogens with one attached hydrogen (secondary N) is 1. The van der Waals surface area contributed by atoms with Crippen molar-refractivity contribution in [2.75, 3.05) is 11.6 Å². The monoisotopic (exact) mass is 399 g/mol. The maximum atomic E-state index is 11.6. The van der Waals surface area contributed by atoms with Gasteiger partial charge in [-0.05, 0) is 30.3 Å². The molecule has 0 saturated carbocycles. The van der Waals surface area contributed by atoms with E-state index in [1.165, 1.54) is 17.4 Å². The lowest BCUT2D eigenvalue weighted by Gasteiger charge is -2.06. The van der Waals surface area contributed by atoms with Crippen LogP contribution in [0.5, 0.6) is 0 Å². The Morgan fingerprint density at radius 2 is 1.96 bits per heavy atom. The van der Waals surface area contributed by atoms with Gasteiger partial charge in [0.25, 0.3) is 0 Å². The Balaban J connectivity index is 1.84. The van der Waals surface area contributed by atoms with Crippen molar-refractivity contribution in [3.05, 3.63) is 52.1 Å². The minimum Gasteiger partial charge on any atom is -0.331 e. The molecule has 124 valence electrons. The van der Waals surface area contributed by atoms with E-state index in [-0.39, 0.29) is 9.92 Å². The van der Waals surface area contributed by atoms with Gasteiger partial charge >= 0.3 is 0 Å². The van der Waals surface area contributed by atoms with Gasteiger partial charge in [0.15, 0.2) is 15.0 Å². The lowest BCUT2D eigenvalue weighted by atomic mass is 10.2. The van der Waals surface area contributed by atoms with E-state index in [9.17, 15) is 8.42 Å². The molecule has 2 heterocycles. The summed E-state index contributed by atoms with van der Waals surface area (Å²) >= 11 is 13.3. The Kier molecular flexibility index (Phi) is 4.78. The third-order valence-electron chi connectivity index (χ3n) is 3.11. The summed E-state index contributed by atoms with van der Waals surface area (Å²) in [5.41, 5.74) is 2.29. The molecule has 24 heavy (non-hydrogen) atoms. The van der Waals surface area contributed by atoms with E-state index in [2.05, 4.69) is 15.3 Å². The number of thiazole rings is 1. The van der Waals surface area contributed by atoms with Crippen LogP contribution in [0, 0.1) is 0 Å². The van der Waals surface area contributed by atoms with Crippen LogP contribution in [0.3, 0.4) is 0 Å². The molecule has 3 aromatic rings. The van der Waals surface area contributed by atoms with Gasteiger partial charge in [0.05, 0.1) is 15.6 Å². The first-order valence-electron chi connectivity index (χ1n) is 6.67. The van der Waals surface area contributed by atoms with Crippen LogP contribution in [0.1, 0.15) is 0 Å². The molecule has 0 unspecified atom stereocenters. The number of hydrogen-bond acceptors (Lipinski definition) is 6. The molecule has 3 rings (SSSR count). The van der Waals surface area contributed by atoms with Gasteiger partial charge in [-0.1, -0.05) is 23.2 Å². The predicted octanol–water partition coefficient (Wildman–Crippen LogP) is 4.66. The van der Waals surface area contributed by atoms with Gasteiger partial charge in [0.1, 0.15) is 5.15 Å². The fourth-order valence-electron chi connectivity index (χ4n) is 2.03. The van der Waals surface area contributed by atoms with E-state index >= 15 is 0 Å². The molecule has 0 saturated heterocycles. The van der Waals surface area contributed by atoms with Crippen molar-refractivity contribution in [2.24, 2.45) is 0 Å². The maximum absolute atomic E-state index is 11.6. The fourth-order valence-corrected chi connectivity index (χ4v) is 4.27. The SMILES string of the molecule is CS(=O)(=O)c1ccc(Nc2nc(-c3ccnc(Cl)c3)cs2)cc1Cl. The second kappa shape index (κ2) is 6.68. The molecule has 0 spiro atoms. The van der Waals surface area contributed by atoms with Crippen molar-refractivity contribution in [1.82, 2.24) is 9.97 Å². The number of aromatic nitrogens is 2. The molecule has 1 N–H and O–H groups in total. The quantitative estimate of drug-likeness (QED) is 0.645. The van der Waals surface area contributed by atoms with Gasteiger partial charge < -0.3 is 5.32 Å². The summed E-state index contributed by atoms with van der Waals surface area (Å²) < 4.78 is 23.2. The highest BCUT2D eigenvalue weighted by Crippen LogP contribution is 2.30. The van der Waals surface area contributed by atoms with Crippen LogP contribution < -0.4 is 5.32 Å². The van der Waals surface area contributed by atoms with Gasteiger partial charge in [0, 0.05) is 29.1 Å². The van der Waals surface area contributed by atoms with E-state index in [0.717, 1.165) is 17.5 Å². The van der Waals surface area contributed by atoms with Crippen LogP contribution in [-0.2, 0) is 9.84 Å². The average molecular weight is 400 g/mol. The Bertz CT molecular complexity index is 1000. The van der Waals surface area contributed by atoms with Crippen LogP contribution in [0.25, 0.3) is 11.3 Å². The second-order valence-electron chi connectivity index (χ2n) is 4.95. The number of nitrogens with zero attached hydrogens (tertiary/aromatic N) is 2. The zero-order valence-electron chi connectivity index (χ0n) is 12.3. The van der Waals surface area contributed by atoms with Gasteiger partial charge in [-0.3, -0.25) is 0 Å².